The van der Waals surface area contributed by atoms with Gasteiger partial charge in [0.2, 0.25) is 0 Å². The van der Waals surface area contributed by atoms with E-state index < -0.39 is 0 Å². The summed E-state index contributed by atoms with van der Waals surface area (Å²) in [6.45, 7) is 5.86. The highest BCUT2D eigenvalue weighted by molar-refractivity contribution is 4.95. The topological polar surface area (TPSA) is 6.48 Å². The molecule has 0 fully saturated rings. The predicted octanol–water partition coefficient (Wildman–Crippen LogP) is 12.4. The minimum Gasteiger partial charge on any atom is -0.359 e. The highest BCUT2D eigenvalue weighted by atomic mass is 15.4. The SMILES string of the molecule is CCCCCCCCCCCCCCCCCCC1N(C)C=CN1CCCCCCCCCCCCCC. The average molecular weight is 533 g/mol. The largest absolute Gasteiger partial charge is 0.359 e. The van der Waals surface area contributed by atoms with Gasteiger partial charge >= 0.3 is 0 Å². The van der Waals surface area contributed by atoms with Gasteiger partial charge in [0, 0.05) is 26.0 Å². The van der Waals surface area contributed by atoms with Gasteiger partial charge in [-0.25, -0.2) is 0 Å². The molecule has 1 aliphatic rings. The molecule has 0 amide bonds. The Balaban J connectivity index is 1.87. The second-order valence-corrected chi connectivity index (χ2v) is 12.7. The number of nitrogens with zero attached hydrogens (tertiary/aromatic N) is 2. The quantitative estimate of drug-likeness (QED) is 0.0848. The summed E-state index contributed by atoms with van der Waals surface area (Å²) in [6.07, 6.45) is 47.1. The molecule has 0 saturated carbocycles. The van der Waals surface area contributed by atoms with E-state index in [9.17, 15) is 0 Å². The van der Waals surface area contributed by atoms with E-state index in [0.29, 0.717) is 6.17 Å². The number of rotatable bonds is 30. The first kappa shape index (κ1) is 35.4. The Kier molecular flexibility index (Phi) is 26.0. The number of hydrogen-bond acceptors (Lipinski definition) is 2. The van der Waals surface area contributed by atoms with E-state index in [-0.39, 0.29) is 0 Å². The van der Waals surface area contributed by atoms with Crippen LogP contribution in [0.3, 0.4) is 0 Å². The van der Waals surface area contributed by atoms with Gasteiger partial charge in [-0.15, -0.1) is 0 Å². The molecule has 0 bridgehead atoms. The van der Waals surface area contributed by atoms with Crippen molar-refractivity contribution in [1.29, 1.82) is 0 Å². The van der Waals surface area contributed by atoms with Crippen LogP contribution in [-0.4, -0.2) is 29.6 Å². The summed E-state index contributed by atoms with van der Waals surface area (Å²) in [7, 11) is 2.27. The lowest BCUT2D eigenvalue weighted by molar-refractivity contribution is 0.159. The highest BCUT2D eigenvalue weighted by Gasteiger charge is 2.22. The Hall–Kier alpha value is -0.660. The molecule has 1 heterocycles. The lowest BCUT2D eigenvalue weighted by atomic mass is 10.0. The maximum absolute atomic E-state index is 2.63. The summed E-state index contributed by atoms with van der Waals surface area (Å²) >= 11 is 0. The summed E-state index contributed by atoms with van der Waals surface area (Å²) in [5, 5.41) is 0. The van der Waals surface area contributed by atoms with E-state index >= 15 is 0 Å². The third kappa shape index (κ3) is 21.2. The van der Waals surface area contributed by atoms with E-state index in [2.05, 4.69) is 43.1 Å². The van der Waals surface area contributed by atoms with Crippen LogP contribution in [0.25, 0.3) is 0 Å². The lowest BCUT2D eigenvalue weighted by Crippen LogP contribution is -2.37. The second kappa shape index (κ2) is 27.9. The molecule has 1 atom stereocenters. The molecular weight excluding hydrogens is 460 g/mol. The molecule has 2 nitrogen and oxygen atoms in total. The van der Waals surface area contributed by atoms with Gasteiger partial charge in [-0.3, -0.25) is 0 Å². The zero-order valence-corrected chi connectivity index (χ0v) is 26.8. The van der Waals surface area contributed by atoms with Crippen molar-refractivity contribution in [3.05, 3.63) is 12.4 Å². The van der Waals surface area contributed by atoms with Gasteiger partial charge in [-0.2, -0.15) is 0 Å². The molecule has 0 N–H and O–H groups in total. The molecule has 0 aliphatic carbocycles. The van der Waals surface area contributed by atoms with Crippen LogP contribution >= 0.6 is 0 Å². The van der Waals surface area contributed by atoms with Crippen LogP contribution in [0.5, 0.6) is 0 Å². The Labute approximate surface area is 241 Å². The van der Waals surface area contributed by atoms with Gasteiger partial charge in [0.05, 0.1) is 0 Å². The Morgan fingerprint density at radius 3 is 1.08 bits per heavy atom. The fourth-order valence-electron chi connectivity index (χ4n) is 6.23. The fourth-order valence-corrected chi connectivity index (χ4v) is 6.23. The van der Waals surface area contributed by atoms with E-state index in [0.717, 1.165) is 0 Å². The molecule has 38 heavy (non-hydrogen) atoms. The van der Waals surface area contributed by atoms with Crippen molar-refractivity contribution >= 4 is 0 Å². The maximum Gasteiger partial charge on any atom is 0.100 e. The molecule has 0 aromatic heterocycles. The zero-order valence-electron chi connectivity index (χ0n) is 26.8. The number of unbranched alkanes of at least 4 members (excludes halogenated alkanes) is 26. The van der Waals surface area contributed by atoms with Crippen LogP contribution in [-0.2, 0) is 0 Å². The predicted molar refractivity (Wildman–Crippen MR) is 173 cm³/mol. The van der Waals surface area contributed by atoms with Crippen LogP contribution < -0.4 is 0 Å². The molecule has 1 aliphatic heterocycles. The van der Waals surface area contributed by atoms with Crippen molar-refractivity contribution in [2.45, 2.75) is 206 Å². The van der Waals surface area contributed by atoms with Crippen molar-refractivity contribution in [2.75, 3.05) is 13.6 Å². The minimum atomic E-state index is 0.620. The Bertz CT molecular complexity index is 488. The normalized spacial score (nSPS) is 15.3. The average Bonchev–Trinajstić information content (AvgIpc) is 3.27. The van der Waals surface area contributed by atoms with Crippen molar-refractivity contribution < 1.29 is 0 Å². The first-order chi connectivity index (χ1) is 18.8. The third-order valence-electron chi connectivity index (χ3n) is 8.93. The Morgan fingerprint density at radius 2 is 0.711 bits per heavy atom. The minimum absolute atomic E-state index is 0.620. The lowest BCUT2D eigenvalue weighted by Gasteiger charge is -2.30. The van der Waals surface area contributed by atoms with Crippen LogP contribution in [0.1, 0.15) is 200 Å². The van der Waals surface area contributed by atoms with Crippen LogP contribution in [0, 0.1) is 0 Å². The standard InChI is InChI=1S/C36H72N2/c1-4-6-8-10-12-14-16-18-19-20-21-22-24-26-28-30-32-36-37(3)34-35-38(36)33-31-29-27-25-23-17-15-13-11-9-7-5-2/h34-36H,4-33H2,1-3H3. The van der Waals surface area contributed by atoms with Crippen molar-refractivity contribution in [2.24, 2.45) is 0 Å². The smallest absolute Gasteiger partial charge is 0.100 e. The van der Waals surface area contributed by atoms with Crippen LogP contribution in [0.15, 0.2) is 12.4 Å². The molecule has 0 aromatic carbocycles. The second-order valence-electron chi connectivity index (χ2n) is 12.7. The summed E-state index contributed by atoms with van der Waals surface area (Å²) < 4.78 is 0. The molecule has 0 saturated heterocycles. The molecule has 226 valence electrons. The first-order valence-corrected chi connectivity index (χ1v) is 18.0. The monoisotopic (exact) mass is 533 g/mol. The zero-order chi connectivity index (χ0) is 27.4. The first-order valence-electron chi connectivity index (χ1n) is 18.0. The van der Waals surface area contributed by atoms with Gasteiger partial charge in [0.15, 0.2) is 0 Å². The Morgan fingerprint density at radius 1 is 0.395 bits per heavy atom. The van der Waals surface area contributed by atoms with Gasteiger partial charge < -0.3 is 9.80 Å². The maximum atomic E-state index is 2.63. The van der Waals surface area contributed by atoms with Gasteiger partial charge in [-0.1, -0.05) is 181 Å². The summed E-state index contributed by atoms with van der Waals surface area (Å²) in [6, 6.07) is 0. The molecule has 1 rings (SSSR count). The van der Waals surface area contributed by atoms with E-state index in [4.69, 9.17) is 0 Å². The van der Waals surface area contributed by atoms with Gasteiger partial charge in [0.1, 0.15) is 6.17 Å². The van der Waals surface area contributed by atoms with E-state index in [1.54, 1.807) is 0 Å². The molecule has 0 radical (unpaired) electrons. The van der Waals surface area contributed by atoms with Crippen LogP contribution in [0.2, 0.25) is 0 Å². The molecule has 2 heteroatoms. The van der Waals surface area contributed by atoms with E-state index in [1.165, 1.54) is 193 Å². The molecule has 0 spiro atoms. The van der Waals surface area contributed by atoms with Gasteiger partial charge in [0.25, 0.3) is 0 Å². The van der Waals surface area contributed by atoms with E-state index in [1.807, 2.05) is 0 Å². The summed E-state index contributed by atoms with van der Waals surface area (Å²) in [5.41, 5.74) is 0. The summed E-state index contributed by atoms with van der Waals surface area (Å²) in [4.78, 5) is 5.08. The molecule has 1 unspecified atom stereocenters. The van der Waals surface area contributed by atoms with Crippen LogP contribution in [0.4, 0.5) is 0 Å². The molecule has 0 aromatic rings. The van der Waals surface area contributed by atoms with Crippen molar-refractivity contribution in [3.8, 4) is 0 Å². The third-order valence-corrected chi connectivity index (χ3v) is 8.93. The van der Waals surface area contributed by atoms with Crippen molar-refractivity contribution in [1.82, 2.24) is 9.80 Å². The highest BCUT2D eigenvalue weighted by Crippen LogP contribution is 2.22. The summed E-state index contributed by atoms with van der Waals surface area (Å²) in [5.74, 6) is 0. The molecular formula is C36H72N2. The fraction of sp³-hybridized carbons (Fsp3) is 0.944. The number of hydrogen-bond donors (Lipinski definition) is 0. The van der Waals surface area contributed by atoms with Gasteiger partial charge in [-0.05, 0) is 19.3 Å². The van der Waals surface area contributed by atoms with Crippen molar-refractivity contribution in [3.63, 3.8) is 0 Å².